The molecule has 0 atom stereocenters. The molecule has 0 spiro atoms. The first kappa shape index (κ1) is 12.7. The van der Waals surface area contributed by atoms with Gasteiger partial charge in [0.25, 0.3) is 11.1 Å². The fraction of sp³-hybridized carbons (Fsp3) is 0.231. The van der Waals surface area contributed by atoms with Gasteiger partial charge in [0.05, 0.1) is 12.0 Å². The zero-order valence-electron chi connectivity index (χ0n) is 10.2. The molecule has 0 bridgehead atoms. The molecule has 2 amide bonds. The van der Waals surface area contributed by atoms with Crippen molar-refractivity contribution < 1.29 is 14.3 Å². The fourth-order valence-corrected chi connectivity index (χ4v) is 2.53. The lowest BCUT2D eigenvalue weighted by molar-refractivity contribution is -0.122. The van der Waals surface area contributed by atoms with Crippen LogP contribution in [0.4, 0.5) is 4.79 Å². The van der Waals surface area contributed by atoms with Crippen molar-refractivity contribution in [3.05, 3.63) is 34.7 Å². The van der Waals surface area contributed by atoms with E-state index in [-0.39, 0.29) is 11.1 Å². The third-order valence-corrected chi connectivity index (χ3v) is 3.51. The molecule has 0 N–H and O–H groups in total. The first-order chi connectivity index (χ1) is 8.65. The van der Waals surface area contributed by atoms with Gasteiger partial charge >= 0.3 is 0 Å². The quantitative estimate of drug-likeness (QED) is 0.787. The van der Waals surface area contributed by atoms with Gasteiger partial charge in [-0.05, 0) is 42.5 Å². The number of imide groups is 1. The highest BCUT2D eigenvalue weighted by molar-refractivity contribution is 8.18. The Morgan fingerprint density at radius 2 is 1.94 bits per heavy atom. The number of carbonyl (C=O) groups is 2. The van der Waals surface area contributed by atoms with Crippen molar-refractivity contribution in [1.29, 1.82) is 0 Å². The van der Waals surface area contributed by atoms with Crippen LogP contribution < -0.4 is 4.74 Å². The van der Waals surface area contributed by atoms with Crippen LogP contribution in [0.1, 0.15) is 12.5 Å². The van der Waals surface area contributed by atoms with E-state index in [1.54, 1.807) is 20.1 Å². The number of hydrogen-bond acceptors (Lipinski definition) is 4. The summed E-state index contributed by atoms with van der Waals surface area (Å²) in [5.41, 5.74) is 0.873. The van der Waals surface area contributed by atoms with Crippen molar-refractivity contribution in [2.45, 2.75) is 6.92 Å². The zero-order valence-corrected chi connectivity index (χ0v) is 11.0. The van der Waals surface area contributed by atoms with Gasteiger partial charge in [-0.25, -0.2) is 0 Å². The lowest BCUT2D eigenvalue weighted by Crippen LogP contribution is -2.27. The van der Waals surface area contributed by atoms with Gasteiger partial charge < -0.3 is 4.74 Å². The molecule has 0 unspecified atom stereocenters. The zero-order chi connectivity index (χ0) is 13.1. The van der Waals surface area contributed by atoms with Crippen LogP contribution >= 0.6 is 11.8 Å². The number of ether oxygens (including phenoxy) is 1. The first-order valence-corrected chi connectivity index (χ1v) is 6.36. The van der Waals surface area contributed by atoms with Crippen LogP contribution in [0.5, 0.6) is 5.75 Å². The van der Waals surface area contributed by atoms with Crippen molar-refractivity contribution in [3.8, 4) is 5.75 Å². The van der Waals surface area contributed by atoms with Gasteiger partial charge in [-0.1, -0.05) is 12.1 Å². The molecule has 5 heteroatoms. The lowest BCUT2D eigenvalue weighted by atomic mass is 10.2. The fourth-order valence-electron chi connectivity index (χ4n) is 1.62. The molecule has 0 aromatic heterocycles. The summed E-state index contributed by atoms with van der Waals surface area (Å²) >= 11 is 0.978. The summed E-state index contributed by atoms with van der Waals surface area (Å²) in [7, 11) is 1.60. The summed E-state index contributed by atoms with van der Waals surface area (Å²) in [6, 6.07) is 7.32. The molecule has 0 radical (unpaired) electrons. The molecule has 1 fully saturated rings. The SMILES string of the molecule is CCN1C(=O)S/C(=C\c2ccc(OC)cc2)C1=O. The van der Waals surface area contributed by atoms with Crippen LogP contribution in [0, 0.1) is 0 Å². The lowest BCUT2D eigenvalue weighted by Gasteiger charge is -2.06. The molecule has 1 aliphatic rings. The number of hydrogen-bond donors (Lipinski definition) is 0. The maximum atomic E-state index is 11.9. The predicted molar refractivity (Wildman–Crippen MR) is 71.3 cm³/mol. The molecular formula is C13H13NO3S. The molecule has 1 aliphatic heterocycles. The maximum Gasteiger partial charge on any atom is 0.293 e. The van der Waals surface area contributed by atoms with E-state index in [1.807, 2.05) is 24.3 Å². The van der Waals surface area contributed by atoms with Crippen LogP contribution in [-0.2, 0) is 4.79 Å². The van der Waals surface area contributed by atoms with E-state index in [4.69, 9.17) is 4.74 Å². The van der Waals surface area contributed by atoms with Crippen LogP contribution in [0.3, 0.4) is 0 Å². The number of nitrogens with zero attached hydrogens (tertiary/aromatic N) is 1. The molecule has 18 heavy (non-hydrogen) atoms. The topological polar surface area (TPSA) is 46.6 Å². The monoisotopic (exact) mass is 263 g/mol. The highest BCUT2D eigenvalue weighted by atomic mass is 32.2. The number of carbonyl (C=O) groups excluding carboxylic acids is 2. The normalized spacial score (nSPS) is 17.7. The van der Waals surface area contributed by atoms with E-state index in [2.05, 4.69) is 0 Å². The summed E-state index contributed by atoms with van der Waals surface area (Å²) < 4.78 is 5.06. The minimum absolute atomic E-state index is 0.206. The molecule has 94 valence electrons. The van der Waals surface area contributed by atoms with Gasteiger partial charge in [0, 0.05) is 6.54 Å². The summed E-state index contributed by atoms with van der Waals surface area (Å²) in [5, 5.41) is -0.206. The summed E-state index contributed by atoms with van der Waals surface area (Å²) in [6.45, 7) is 2.19. The van der Waals surface area contributed by atoms with Crippen molar-refractivity contribution in [2.24, 2.45) is 0 Å². The maximum absolute atomic E-state index is 11.9. The van der Waals surface area contributed by atoms with Crippen molar-refractivity contribution in [1.82, 2.24) is 4.90 Å². The molecule has 1 saturated heterocycles. The van der Waals surface area contributed by atoms with Crippen molar-refractivity contribution in [2.75, 3.05) is 13.7 Å². The second-order valence-electron chi connectivity index (χ2n) is 3.70. The molecule has 1 aromatic rings. The summed E-state index contributed by atoms with van der Waals surface area (Å²) in [4.78, 5) is 25.1. The molecule has 4 nitrogen and oxygen atoms in total. The van der Waals surface area contributed by atoms with E-state index in [9.17, 15) is 9.59 Å². The van der Waals surface area contributed by atoms with E-state index >= 15 is 0 Å². The van der Waals surface area contributed by atoms with E-state index in [1.165, 1.54) is 4.90 Å². The number of benzene rings is 1. The predicted octanol–water partition coefficient (Wildman–Crippen LogP) is 2.75. The Morgan fingerprint density at radius 3 is 2.44 bits per heavy atom. The minimum Gasteiger partial charge on any atom is -0.497 e. The van der Waals surface area contributed by atoms with E-state index < -0.39 is 0 Å². The highest BCUT2D eigenvalue weighted by Gasteiger charge is 2.33. The number of thioether (sulfide) groups is 1. The third kappa shape index (κ3) is 2.41. The number of amides is 2. The molecule has 0 aliphatic carbocycles. The smallest absolute Gasteiger partial charge is 0.293 e. The van der Waals surface area contributed by atoms with Gasteiger partial charge in [0.2, 0.25) is 0 Å². The Bertz CT molecular complexity index is 507. The number of methoxy groups -OCH3 is 1. The van der Waals surface area contributed by atoms with Gasteiger partial charge in [-0.2, -0.15) is 0 Å². The van der Waals surface area contributed by atoms with Crippen molar-refractivity contribution >= 4 is 29.0 Å². The van der Waals surface area contributed by atoms with Crippen LogP contribution in [0.25, 0.3) is 6.08 Å². The Morgan fingerprint density at radius 1 is 1.28 bits per heavy atom. The molecule has 2 rings (SSSR count). The highest BCUT2D eigenvalue weighted by Crippen LogP contribution is 2.32. The third-order valence-electron chi connectivity index (χ3n) is 2.60. The largest absolute Gasteiger partial charge is 0.497 e. The Balaban J connectivity index is 2.23. The minimum atomic E-state index is -0.219. The summed E-state index contributed by atoms with van der Waals surface area (Å²) in [5.74, 6) is 0.539. The van der Waals surface area contributed by atoms with Gasteiger partial charge in [0.15, 0.2) is 0 Å². The Labute approximate surface area is 110 Å². The molecule has 1 heterocycles. The van der Waals surface area contributed by atoms with E-state index in [0.717, 1.165) is 23.1 Å². The second kappa shape index (κ2) is 5.27. The van der Waals surface area contributed by atoms with E-state index in [0.29, 0.717) is 11.4 Å². The molecular weight excluding hydrogens is 250 g/mol. The average molecular weight is 263 g/mol. The molecule has 0 saturated carbocycles. The molecule has 1 aromatic carbocycles. The Kier molecular flexibility index (Phi) is 3.72. The average Bonchev–Trinajstić information content (AvgIpc) is 2.65. The van der Waals surface area contributed by atoms with Crippen LogP contribution in [0.2, 0.25) is 0 Å². The first-order valence-electron chi connectivity index (χ1n) is 5.55. The second-order valence-corrected chi connectivity index (χ2v) is 4.69. The summed E-state index contributed by atoms with van der Waals surface area (Å²) in [6.07, 6.45) is 1.72. The Hall–Kier alpha value is -1.75. The number of likely N-dealkylation sites (N-methyl/N-ethyl adjacent to an activating group) is 1. The van der Waals surface area contributed by atoms with Crippen LogP contribution in [0.15, 0.2) is 29.2 Å². The van der Waals surface area contributed by atoms with Gasteiger partial charge in [-0.3, -0.25) is 14.5 Å². The number of rotatable bonds is 3. The van der Waals surface area contributed by atoms with Crippen LogP contribution in [-0.4, -0.2) is 29.7 Å². The van der Waals surface area contributed by atoms with Crippen molar-refractivity contribution in [3.63, 3.8) is 0 Å². The van der Waals surface area contributed by atoms with Gasteiger partial charge in [0.1, 0.15) is 5.75 Å². The van der Waals surface area contributed by atoms with Gasteiger partial charge in [-0.15, -0.1) is 0 Å². The standard InChI is InChI=1S/C13H13NO3S/c1-3-14-12(15)11(18-13(14)16)8-9-4-6-10(17-2)7-5-9/h4-8H,3H2,1-2H3/b11-8-.